The summed E-state index contributed by atoms with van der Waals surface area (Å²) in [4.78, 5) is 25.8. The Morgan fingerprint density at radius 1 is 1.16 bits per heavy atom. The van der Waals surface area contributed by atoms with E-state index in [4.69, 9.17) is 5.73 Å². The molecule has 2 rings (SSSR count). The van der Waals surface area contributed by atoms with Gasteiger partial charge in [-0.3, -0.25) is 9.59 Å². The Hall–Kier alpha value is -0.810. The summed E-state index contributed by atoms with van der Waals surface area (Å²) in [6.45, 7) is 0.432. The van der Waals surface area contributed by atoms with Crippen LogP contribution in [0, 0.1) is 5.41 Å². The Bertz CT molecular complexity index is 361. The number of nitrogens with two attached hydrogens (primary N) is 1. The van der Waals surface area contributed by atoms with Crippen molar-refractivity contribution in [3.63, 3.8) is 0 Å². The molecule has 0 heterocycles. The third-order valence-corrected chi connectivity index (χ3v) is 4.25. The quantitative estimate of drug-likeness (QED) is 0.798. The second-order valence-corrected chi connectivity index (χ2v) is 6.03. The normalized spacial score (nSPS) is 22.3. The molecule has 2 saturated carbocycles. The van der Waals surface area contributed by atoms with E-state index in [1.165, 1.54) is 0 Å². The van der Waals surface area contributed by atoms with Crippen LogP contribution in [0.15, 0.2) is 0 Å². The average Bonchev–Trinajstić information content (AvgIpc) is 2.92. The van der Waals surface area contributed by atoms with Crippen molar-refractivity contribution in [2.75, 3.05) is 20.6 Å². The van der Waals surface area contributed by atoms with E-state index in [0.29, 0.717) is 6.54 Å². The average molecular weight is 290 g/mol. The number of hydrogen-bond acceptors (Lipinski definition) is 3. The SMILES string of the molecule is CN(C)C(=O)C1(CNC(=O)C2(N)CC2)CCCC1.Cl. The van der Waals surface area contributed by atoms with Crippen molar-refractivity contribution in [1.82, 2.24) is 10.2 Å². The highest BCUT2D eigenvalue weighted by Crippen LogP contribution is 2.39. The molecule has 0 spiro atoms. The fraction of sp³-hybridized carbons (Fsp3) is 0.846. The van der Waals surface area contributed by atoms with Crippen LogP contribution in [-0.4, -0.2) is 42.9 Å². The zero-order valence-corrected chi connectivity index (χ0v) is 12.5. The molecule has 0 unspecified atom stereocenters. The number of carbonyl (C=O) groups is 2. The molecule has 0 aromatic heterocycles. The van der Waals surface area contributed by atoms with Gasteiger partial charge in [0.1, 0.15) is 0 Å². The molecule has 5 nitrogen and oxygen atoms in total. The largest absolute Gasteiger partial charge is 0.353 e. The van der Waals surface area contributed by atoms with E-state index in [-0.39, 0.29) is 24.2 Å². The Morgan fingerprint density at radius 3 is 2.11 bits per heavy atom. The highest BCUT2D eigenvalue weighted by molar-refractivity contribution is 5.90. The molecule has 0 atom stereocenters. The standard InChI is InChI=1S/C13H23N3O2.ClH/c1-16(2)11(18)12(5-3-4-6-12)9-15-10(17)13(14)7-8-13;/h3-9,14H2,1-2H3,(H,15,17);1H. The Kier molecular flexibility index (Phi) is 4.85. The van der Waals surface area contributed by atoms with Crippen LogP contribution in [0.3, 0.4) is 0 Å². The Balaban J connectivity index is 0.00000180. The van der Waals surface area contributed by atoms with E-state index in [2.05, 4.69) is 5.32 Å². The molecule has 2 aliphatic carbocycles. The molecule has 3 N–H and O–H groups in total. The number of rotatable bonds is 4. The number of hydrogen-bond donors (Lipinski definition) is 2. The number of amides is 2. The van der Waals surface area contributed by atoms with E-state index in [0.717, 1.165) is 38.5 Å². The summed E-state index contributed by atoms with van der Waals surface area (Å²) < 4.78 is 0. The van der Waals surface area contributed by atoms with Crippen LogP contribution in [0.25, 0.3) is 0 Å². The second-order valence-electron chi connectivity index (χ2n) is 6.03. The number of halogens is 1. The molecule has 0 radical (unpaired) electrons. The lowest BCUT2D eigenvalue weighted by Gasteiger charge is -2.31. The lowest BCUT2D eigenvalue weighted by atomic mass is 9.84. The van der Waals surface area contributed by atoms with Gasteiger partial charge in [0.15, 0.2) is 0 Å². The van der Waals surface area contributed by atoms with Gasteiger partial charge in [0.25, 0.3) is 0 Å². The van der Waals surface area contributed by atoms with Crippen molar-refractivity contribution in [1.29, 1.82) is 0 Å². The van der Waals surface area contributed by atoms with Crippen molar-refractivity contribution in [3.05, 3.63) is 0 Å². The van der Waals surface area contributed by atoms with E-state index in [1.54, 1.807) is 19.0 Å². The molecule has 2 fully saturated rings. The van der Waals surface area contributed by atoms with Crippen LogP contribution in [0.5, 0.6) is 0 Å². The van der Waals surface area contributed by atoms with Gasteiger partial charge in [-0.2, -0.15) is 0 Å². The van der Waals surface area contributed by atoms with Crippen LogP contribution >= 0.6 is 12.4 Å². The minimum atomic E-state index is -0.652. The summed E-state index contributed by atoms with van der Waals surface area (Å²) in [7, 11) is 3.55. The third kappa shape index (κ3) is 3.20. The smallest absolute Gasteiger partial charge is 0.240 e. The molecule has 0 bridgehead atoms. The number of carbonyl (C=O) groups excluding carboxylic acids is 2. The van der Waals surface area contributed by atoms with Gasteiger partial charge < -0.3 is 16.0 Å². The van der Waals surface area contributed by atoms with Gasteiger partial charge in [0.2, 0.25) is 11.8 Å². The fourth-order valence-electron chi connectivity index (χ4n) is 2.78. The van der Waals surface area contributed by atoms with Crippen molar-refractivity contribution in [2.45, 2.75) is 44.1 Å². The van der Waals surface area contributed by atoms with Crippen LogP contribution in [-0.2, 0) is 9.59 Å². The van der Waals surface area contributed by atoms with Crippen molar-refractivity contribution >= 4 is 24.2 Å². The molecule has 0 aliphatic heterocycles. The van der Waals surface area contributed by atoms with Crippen LogP contribution in [0.1, 0.15) is 38.5 Å². The van der Waals surface area contributed by atoms with Crippen LogP contribution in [0.4, 0.5) is 0 Å². The van der Waals surface area contributed by atoms with Gasteiger partial charge >= 0.3 is 0 Å². The lowest BCUT2D eigenvalue weighted by molar-refractivity contribution is -0.139. The van der Waals surface area contributed by atoms with Crippen molar-refractivity contribution in [3.8, 4) is 0 Å². The van der Waals surface area contributed by atoms with Gasteiger partial charge in [-0.15, -0.1) is 12.4 Å². The van der Waals surface area contributed by atoms with E-state index in [1.807, 2.05) is 0 Å². The number of nitrogens with one attached hydrogen (secondary N) is 1. The molecule has 6 heteroatoms. The minimum Gasteiger partial charge on any atom is -0.353 e. The molecule has 110 valence electrons. The highest BCUT2D eigenvalue weighted by Gasteiger charge is 2.48. The Morgan fingerprint density at radius 2 is 1.68 bits per heavy atom. The predicted molar refractivity (Wildman–Crippen MR) is 76.0 cm³/mol. The molecular formula is C13H24ClN3O2. The first-order valence-electron chi connectivity index (χ1n) is 6.69. The van der Waals surface area contributed by atoms with Crippen molar-refractivity contribution in [2.24, 2.45) is 11.1 Å². The van der Waals surface area contributed by atoms with Crippen LogP contribution < -0.4 is 11.1 Å². The highest BCUT2D eigenvalue weighted by atomic mass is 35.5. The number of nitrogens with zero attached hydrogens (tertiary/aromatic N) is 1. The monoisotopic (exact) mass is 289 g/mol. The third-order valence-electron chi connectivity index (χ3n) is 4.25. The summed E-state index contributed by atoms with van der Waals surface area (Å²) in [6, 6.07) is 0. The first-order valence-corrected chi connectivity index (χ1v) is 6.69. The summed E-state index contributed by atoms with van der Waals surface area (Å²) in [5, 5.41) is 2.89. The summed E-state index contributed by atoms with van der Waals surface area (Å²) in [5.41, 5.74) is 4.80. The minimum absolute atomic E-state index is 0. The molecule has 0 saturated heterocycles. The molecule has 19 heavy (non-hydrogen) atoms. The zero-order chi connectivity index (χ0) is 13.4. The van der Waals surface area contributed by atoms with E-state index in [9.17, 15) is 9.59 Å². The van der Waals surface area contributed by atoms with Crippen molar-refractivity contribution < 1.29 is 9.59 Å². The topological polar surface area (TPSA) is 75.4 Å². The first kappa shape index (κ1) is 16.2. The van der Waals surface area contributed by atoms with Gasteiger partial charge in [-0.05, 0) is 25.7 Å². The zero-order valence-electron chi connectivity index (χ0n) is 11.7. The first-order chi connectivity index (χ1) is 8.40. The van der Waals surface area contributed by atoms with Gasteiger partial charge in [-0.1, -0.05) is 12.8 Å². The summed E-state index contributed by atoms with van der Waals surface area (Å²) in [5.74, 6) is 0.0301. The maximum atomic E-state index is 12.3. The summed E-state index contributed by atoms with van der Waals surface area (Å²) in [6.07, 6.45) is 5.36. The predicted octanol–water partition coefficient (Wildman–Crippen LogP) is 0.664. The van der Waals surface area contributed by atoms with E-state index >= 15 is 0 Å². The maximum Gasteiger partial charge on any atom is 0.240 e. The lowest BCUT2D eigenvalue weighted by Crippen LogP contribution is -2.50. The molecular weight excluding hydrogens is 266 g/mol. The molecule has 2 amide bonds. The second kappa shape index (κ2) is 5.67. The molecule has 0 aromatic carbocycles. The summed E-state index contributed by atoms with van der Waals surface area (Å²) >= 11 is 0. The molecule has 2 aliphatic rings. The van der Waals surface area contributed by atoms with Crippen LogP contribution in [0.2, 0.25) is 0 Å². The molecule has 0 aromatic rings. The van der Waals surface area contributed by atoms with Gasteiger partial charge in [-0.25, -0.2) is 0 Å². The van der Waals surface area contributed by atoms with Gasteiger partial charge in [0, 0.05) is 20.6 Å². The van der Waals surface area contributed by atoms with E-state index < -0.39 is 11.0 Å². The Labute approximate surface area is 120 Å². The fourth-order valence-corrected chi connectivity index (χ4v) is 2.78. The maximum absolute atomic E-state index is 12.3. The van der Waals surface area contributed by atoms with Gasteiger partial charge in [0.05, 0.1) is 11.0 Å².